The Balaban J connectivity index is 2.13. The van der Waals surface area contributed by atoms with Crippen LogP contribution in [0.3, 0.4) is 0 Å². The summed E-state index contributed by atoms with van der Waals surface area (Å²) in [5, 5.41) is 3.24. The molecular formula is C17H26N2O. The van der Waals surface area contributed by atoms with Crippen LogP contribution in [0.2, 0.25) is 0 Å². The SMILES string of the molecule is CC(C)CC1(Cc2ccc(N(C)C)cc2)CCC(=O)N1. The monoisotopic (exact) mass is 274 g/mol. The fourth-order valence-corrected chi connectivity index (χ4v) is 3.22. The first-order chi connectivity index (χ1) is 9.40. The molecule has 1 unspecified atom stereocenters. The van der Waals surface area contributed by atoms with Crippen LogP contribution in [0, 0.1) is 5.92 Å². The predicted molar refractivity (Wildman–Crippen MR) is 84.0 cm³/mol. The first-order valence-corrected chi connectivity index (χ1v) is 7.47. The molecule has 1 aliphatic rings. The van der Waals surface area contributed by atoms with Crippen molar-refractivity contribution in [1.29, 1.82) is 0 Å². The number of anilines is 1. The highest BCUT2D eigenvalue weighted by Gasteiger charge is 2.37. The minimum Gasteiger partial charge on any atom is -0.378 e. The average molecular weight is 274 g/mol. The summed E-state index contributed by atoms with van der Waals surface area (Å²) in [4.78, 5) is 13.8. The van der Waals surface area contributed by atoms with Gasteiger partial charge in [-0.2, -0.15) is 0 Å². The number of carbonyl (C=O) groups is 1. The molecule has 0 spiro atoms. The van der Waals surface area contributed by atoms with Gasteiger partial charge in [-0.25, -0.2) is 0 Å². The molecule has 110 valence electrons. The van der Waals surface area contributed by atoms with E-state index in [4.69, 9.17) is 0 Å². The maximum atomic E-state index is 11.7. The van der Waals surface area contributed by atoms with Crippen LogP contribution in [0.1, 0.15) is 38.7 Å². The lowest BCUT2D eigenvalue weighted by molar-refractivity contribution is -0.119. The lowest BCUT2D eigenvalue weighted by Gasteiger charge is -2.31. The van der Waals surface area contributed by atoms with E-state index in [0.29, 0.717) is 12.3 Å². The van der Waals surface area contributed by atoms with Crippen LogP contribution < -0.4 is 10.2 Å². The third-order valence-corrected chi connectivity index (χ3v) is 4.03. The third kappa shape index (κ3) is 3.53. The molecule has 1 saturated heterocycles. The van der Waals surface area contributed by atoms with Crippen molar-refractivity contribution in [1.82, 2.24) is 5.32 Å². The Kier molecular flexibility index (Phi) is 4.36. The Morgan fingerprint density at radius 3 is 2.35 bits per heavy atom. The van der Waals surface area contributed by atoms with Crippen molar-refractivity contribution in [3.63, 3.8) is 0 Å². The maximum Gasteiger partial charge on any atom is 0.220 e. The second kappa shape index (κ2) is 5.86. The molecule has 20 heavy (non-hydrogen) atoms. The van der Waals surface area contributed by atoms with Crippen molar-refractivity contribution in [3.05, 3.63) is 29.8 Å². The number of amides is 1. The van der Waals surface area contributed by atoms with Crippen LogP contribution in [0.25, 0.3) is 0 Å². The second-order valence-corrected chi connectivity index (χ2v) is 6.66. The van der Waals surface area contributed by atoms with E-state index in [0.717, 1.165) is 19.3 Å². The Hall–Kier alpha value is -1.51. The lowest BCUT2D eigenvalue weighted by atomic mass is 9.82. The zero-order chi connectivity index (χ0) is 14.8. The van der Waals surface area contributed by atoms with Crippen molar-refractivity contribution >= 4 is 11.6 Å². The van der Waals surface area contributed by atoms with Crippen LogP contribution >= 0.6 is 0 Å². The number of hydrogen-bond acceptors (Lipinski definition) is 2. The first kappa shape index (κ1) is 14.9. The van der Waals surface area contributed by atoms with E-state index < -0.39 is 0 Å². The average Bonchev–Trinajstić information content (AvgIpc) is 2.70. The Bertz CT molecular complexity index is 464. The molecule has 1 atom stereocenters. The number of rotatable bonds is 5. The minimum absolute atomic E-state index is 0.0368. The zero-order valence-electron chi connectivity index (χ0n) is 13.1. The smallest absolute Gasteiger partial charge is 0.220 e. The summed E-state index contributed by atoms with van der Waals surface area (Å²) in [6, 6.07) is 8.66. The van der Waals surface area contributed by atoms with Gasteiger partial charge in [-0.05, 0) is 42.9 Å². The largest absolute Gasteiger partial charge is 0.378 e. The van der Waals surface area contributed by atoms with E-state index in [-0.39, 0.29) is 11.4 Å². The fraction of sp³-hybridized carbons (Fsp3) is 0.588. The zero-order valence-corrected chi connectivity index (χ0v) is 13.1. The van der Waals surface area contributed by atoms with E-state index in [1.807, 2.05) is 14.1 Å². The molecule has 1 fully saturated rings. The van der Waals surface area contributed by atoms with Crippen LogP contribution in [0.5, 0.6) is 0 Å². The molecule has 3 nitrogen and oxygen atoms in total. The van der Waals surface area contributed by atoms with Gasteiger partial charge in [-0.3, -0.25) is 4.79 Å². The quantitative estimate of drug-likeness (QED) is 0.895. The van der Waals surface area contributed by atoms with Gasteiger partial charge in [0, 0.05) is 31.7 Å². The van der Waals surface area contributed by atoms with Crippen LogP contribution in [0.4, 0.5) is 5.69 Å². The van der Waals surface area contributed by atoms with E-state index in [1.165, 1.54) is 11.3 Å². The first-order valence-electron chi connectivity index (χ1n) is 7.47. The van der Waals surface area contributed by atoms with Gasteiger partial charge in [-0.1, -0.05) is 26.0 Å². The number of benzene rings is 1. The molecule has 3 heteroatoms. The number of nitrogens with zero attached hydrogens (tertiary/aromatic N) is 1. The molecule has 0 aliphatic carbocycles. The van der Waals surface area contributed by atoms with Crippen molar-refractivity contribution in [3.8, 4) is 0 Å². The van der Waals surface area contributed by atoms with Crippen molar-refractivity contribution < 1.29 is 4.79 Å². The molecule has 1 aliphatic heterocycles. The lowest BCUT2D eigenvalue weighted by Crippen LogP contribution is -2.44. The highest BCUT2D eigenvalue weighted by molar-refractivity contribution is 5.79. The number of hydrogen-bond donors (Lipinski definition) is 1. The molecule has 1 amide bonds. The third-order valence-electron chi connectivity index (χ3n) is 4.03. The van der Waals surface area contributed by atoms with E-state index in [2.05, 4.69) is 48.3 Å². The van der Waals surface area contributed by atoms with Crippen molar-refractivity contribution in [2.24, 2.45) is 5.92 Å². The molecule has 2 rings (SSSR count). The van der Waals surface area contributed by atoms with Gasteiger partial charge in [0.15, 0.2) is 0 Å². The standard InChI is InChI=1S/C17H26N2O/c1-13(2)11-17(10-9-16(20)18-17)12-14-5-7-15(8-6-14)19(3)4/h5-8,13H,9-12H2,1-4H3,(H,18,20). The topological polar surface area (TPSA) is 32.3 Å². The highest BCUT2D eigenvalue weighted by atomic mass is 16.2. The van der Waals surface area contributed by atoms with Crippen molar-refractivity contribution in [2.75, 3.05) is 19.0 Å². The molecule has 0 aromatic heterocycles. The van der Waals surface area contributed by atoms with Crippen LogP contribution in [0.15, 0.2) is 24.3 Å². The Labute approximate surface area is 122 Å². The summed E-state index contributed by atoms with van der Waals surface area (Å²) >= 11 is 0. The van der Waals surface area contributed by atoms with E-state index in [9.17, 15) is 4.79 Å². The molecule has 0 radical (unpaired) electrons. The summed E-state index contributed by atoms with van der Waals surface area (Å²) in [7, 11) is 4.10. The molecule has 0 bridgehead atoms. The van der Waals surface area contributed by atoms with Gasteiger partial charge < -0.3 is 10.2 Å². The number of carbonyl (C=O) groups excluding carboxylic acids is 1. The molecule has 1 aromatic rings. The summed E-state index contributed by atoms with van der Waals surface area (Å²) in [6.07, 6.45) is 3.61. The Morgan fingerprint density at radius 1 is 1.25 bits per heavy atom. The van der Waals surface area contributed by atoms with E-state index >= 15 is 0 Å². The number of nitrogens with one attached hydrogen (secondary N) is 1. The predicted octanol–water partition coefficient (Wildman–Crippen LogP) is 2.99. The fourth-order valence-electron chi connectivity index (χ4n) is 3.22. The summed E-state index contributed by atoms with van der Waals surface area (Å²) in [5.74, 6) is 0.796. The van der Waals surface area contributed by atoms with Gasteiger partial charge in [0.1, 0.15) is 0 Å². The molecule has 1 aromatic carbocycles. The highest BCUT2D eigenvalue weighted by Crippen LogP contribution is 2.31. The van der Waals surface area contributed by atoms with Gasteiger partial charge in [0.05, 0.1) is 0 Å². The van der Waals surface area contributed by atoms with E-state index in [1.54, 1.807) is 0 Å². The molecule has 1 heterocycles. The van der Waals surface area contributed by atoms with Gasteiger partial charge in [0.25, 0.3) is 0 Å². The molecule has 0 saturated carbocycles. The Morgan fingerprint density at radius 2 is 1.90 bits per heavy atom. The minimum atomic E-state index is -0.0368. The summed E-state index contributed by atoms with van der Waals surface area (Å²) in [5.41, 5.74) is 2.48. The van der Waals surface area contributed by atoms with Gasteiger partial charge >= 0.3 is 0 Å². The summed E-state index contributed by atoms with van der Waals surface area (Å²) in [6.45, 7) is 4.45. The van der Waals surface area contributed by atoms with Crippen LogP contribution in [-0.4, -0.2) is 25.5 Å². The normalized spacial score (nSPS) is 22.1. The second-order valence-electron chi connectivity index (χ2n) is 6.66. The maximum absolute atomic E-state index is 11.7. The molecule has 1 N–H and O–H groups in total. The van der Waals surface area contributed by atoms with Crippen LogP contribution in [-0.2, 0) is 11.2 Å². The van der Waals surface area contributed by atoms with Crippen molar-refractivity contribution in [2.45, 2.75) is 45.1 Å². The molecular weight excluding hydrogens is 248 g/mol. The van der Waals surface area contributed by atoms with Gasteiger partial charge in [-0.15, -0.1) is 0 Å². The van der Waals surface area contributed by atoms with Gasteiger partial charge in [0.2, 0.25) is 5.91 Å². The summed E-state index contributed by atoms with van der Waals surface area (Å²) < 4.78 is 0.